The molecule has 0 radical (unpaired) electrons. The van der Waals surface area contributed by atoms with E-state index in [0.717, 1.165) is 17.6 Å². The summed E-state index contributed by atoms with van der Waals surface area (Å²) in [7, 11) is 1.76. The van der Waals surface area contributed by atoms with Crippen molar-refractivity contribution in [3.63, 3.8) is 0 Å². The number of benzene rings is 2. The van der Waals surface area contributed by atoms with Crippen LogP contribution in [0.1, 0.15) is 97.4 Å². The number of esters is 2. The monoisotopic (exact) mass is 758 g/mol. The third-order valence-corrected chi connectivity index (χ3v) is 11.7. The smallest absolute Gasteiger partial charge is 0.309 e. The van der Waals surface area contributed by atoms with Crippen LogP contribution in [0.5, 0.6) is 0 Å². The van der Waals surface area contributed by atoms with Crippen LogP contribution in [0, 0.1) is 11.8 Å². The summed E-state index contributed by atoms with van der Waals surface area (Å²) in [5, 5.41) is 30.0. The predicted octanol–water partition coefficient (Wildman–Crippen LogP) is 6.45. The molecule has 4 N–H and O–H groups in total. The molecule has 2 saturated heterocycles. The van der Waals surface area contributed by atoms with Crippen molar-refractivity contribution in [1.29, 1.82) is 0 Å². The molecular weight excluding hydrogens is 697 g/mol. The summed E-state index contributed by atoms with van der Waals surface area (Å²) in [5.74, 6) is -1.20. The van der Waals surface area contributed by atoms with Gasteiger partial charge in [-0.2, -0.15) is 0 Å². The minimum absolute atomic E-state index is 0.0223. The van der Waals surface area contributed by atoms with Crippen LogP contribution in [0.2, 0.25) is 0 Å². The summed E-state index contributed by atoms with van der Waals surface area (Å²) in [5.41, 5.74) is 1.10. The van der Waals surface area contributed by atoms with Crippen LogP contribution in [0.4, 0.5) is 0 Å². The van der Waals surface area contributed by atoms with Crippen LogP contribution < -0.4 is 10.6 Å². The zero-order chi connectivity index (χ0) is 39.9. The third-order valence-electron chi connectivity index (χ3n) is 11.7. The number of carbonyl (C=O) groups excluding carboxylic acids is 2. The van der Waals surface area contributed by atoms with Gasteiger partial charge in [-0.3, -0.25) is 14.9 Å². The second-order valence-electron chi connectivity index (χ2n) is 16.2. The maximum absolute atomic E-state index is 13.1. The number of hydrogen-bond acceptors (Lipinski definition) is 10. The van der Waals surface area contributed by atoms with E-state index in [1.807, 2.05) is 44.2 Å². The normalized spacial score (nSPS) is 36.5. The standard InChI is InChI=1S/C45H62N2O8/c1-9-35(52-8)30(4)41-42(55-41)43-44(6,47-39(33-20-14-11-15-21-33)38(46-43)32-18-12-10-13-19-32)25-16-17-28(2)40-29(3)22-23-36(53-31(5)48)45(7,51)26-24-34(49)27-37(50)54-40/h10-23,25,29-30,34-36,38-43,46-47,49,51H,9,24,26-27H2,1-8H3/b23-22+,25-16+,28-17+/t29-,30+,34+,35-,36-,38?,39?,40?,41+,42-,43?,44?,45+/m0/s1. The SMILES string of the molecule is CC[C@H](OC)[C@@H](C)[C@H]1O[C@@H]1C1NC(c2ccccc2)C(c2ccccc2)NC1(C)/C=C/C=C(\C)C1OC(=O)C[C@H](O)CC[C@@](C)(O)[C@@H](OC(C)=O)/C=C/[C@@H]1C. The molecule has 2 fully saturated rings. The number of nitrogens with one attached hydrogen (secondary N) is 2. The fraction of sp³-hybridized carbons (Fsp3) is 0.556. The van der Waals surface area contributed by atoms with Gasteiger partial charge in [-0.25, -0.2) is 0 Å². The largest absolute Gasteiger partial charge is 0.457 e. The van der Waals surface area contributed by atoms with E-state index in [2.05, 4.69) is 86.0 Å². The quantitative estimate of drug-likeness (QED) is 0.0876. The van der Waals surface area contributed by atoms with Gasteiger partial charge in [-0.05, 0) is 62.8 Å². The predicted molar refractivity (Wildman–Crippen MR) is 213 cm³/mol. The summed E-state index contributed by atoms with van der Waals surface area (Å²) in [6.07, 6.45) is 7.94. The molecule has 2 aromatic carbocycles. The number of methoxy groups -OCH3 is 1. The summed E-state index contributed by atoms with van der Waals surface area (Å²) in [6.45, 7) is 13.2. The molecule has 300 valence electrons. The molecule has 5 rings (SSSR count). The highest BCUT2D eigenvalue weighted by molar-refractivity contribution is 5.70. The number of aliphatic hydroxyl groups is 2. The van der Waals surface area contributed by atoms with Crippen LogP contribution in [-0.2, 0) is 28.5 Å². The number of hydrogen-bond donors (Lipinski definition) is 4. The molecule has 13 atom stereocenters. The highest BCUT2D eigenvalue weighted by Crippen LogP contribution is 2.44. The molecule has 0 bridgehead atoms. The second kappa shape index (κ2) is 18.5. The Morgan fingerprint density at radius 1 is 1.04 bits per heavy atom. The van der Waals surface area contributed by atoms with Crippen LogP contribution in [0.15, 0.2) is 96.6 Å². The number of epoxide rings is 1. The van der Waals surface area contributed by atoms with Gasteiger partial charge in [0.25, 0.3) is 0 Å². The van der Waals surface area contributed by atoms with E-state index in [1.54, 1.807) is 20.1 Å². The molecule has 3 heterocycles. The first-order valence-electron chi connectivity index (χ1n) is 19.8. The van der Waals surface area contributed by atoms with E-state index >= 15 is 0 Å². The van der Waals surface area contributed by atoms with Crippen molar-refractivity contribution >= 4 is 11.9 Å². The Hall–Kier alpha value is -3.64. The Kier molecular flexibility index (Phi) is 14.3. The number of piperazine rings is 1. The minimum Gasteiger partial charge on any atom is -0.457 e. The molecule has 0 saturated carbocycles. The lowest BCUT2D eigenvalue weighted by Crippen LogP contribution is -2.67. The van der Waals surface area contributed by atoms with E-state index in [0.29, 0.717) is 0 Å². The van der Waals surface area contributed by atoms with Gasteiger partial charge in [0.15, 0.2) is 0 Å². The van der Waals surface area contributed by atoms with Gasteiger partial charge in [0, 0.05) is 25.9 Å². The van der Waals surface area contributed by atoms with Crippen molar-refractivity contribution in [1.82, 2.24) is 10.6 Å². The molecular formula is C45H62N2O8. The zero-order valence-corrected chi connectivity index (χ0v) is 33.7. The molecule has 0 amide bonds. The summed E-state index contributed by atoms with van der Waals surface area (Å²) < 4.78 is 23.9. The Labute approximate surface area is 327 Å². The minimum atomic E-state index is -1.44. The van der Waals surface area contributed by atoms with E-state index in [9.17, 15) is 19.8 Å². The average Bonchev–Trinajstić information content (AvgIpc) is 3.95. The van der Waals surface area contributed by atoms with Crippen LogP contribution in [-0.4, -0.2) is 83.1 Å². The Morgan fingerprint density at radius 3 is 2.27 bits per heavy atom. The third kappa shape index (κ3) is 10.6. The van der Waals surface area contributed by atoms with E-state index in [4.69, 9.17) is 18.9 Å². The number of cyclic esters (lactones) is 1. The topological polar surface area (TPSA) is 139 Å². The van der Waals surface area contributed by atoms with Crippen molar-refractivity contribution in [3.8, 4) is 0 Å². The number of rotatable bonds is 11. The van der Waals surface area contributed by atoms with Crippen molar-refractivity contribution < 1.29 is 38.7 Å². The van der Waals surface area contributed by atoms with Gasteiger partial charge in [0.1, 0.15) is 23.9 Å². The first kappa shape index (κ1) is 42.5. The van der Waals surface area contributed by atoms with Crippen molar-refractivity contribution in [3.05, 3.63) is 108 Å². The van der Waals surface area contributed by atoms with Gasteiger partial charge in [0.05, 0.1) is 48.4 Å². The number of ether oxygens (including phenoxy) is 4. The maximum atomic E-state index is 13.1. The van der Waals surface area contributed by atoms with Crippen LogP contribution in [0.3, 0.4) is 0 Å². The van der Waals surface area contributed by atoms with Gasteiger partial charge in [0.2, 0.25) is 0 Å². The molecule has 10 nitrogen and oxygen atoms in total. The molecule has 10 heteroatoms. The lowest BCUT2D eigenvalue weighted by atomic mass is 9.78. The highest BCUT2D eigenvalue weighted by atomic mass is 16.6. The van der Waals surface area contributed by atoms with Crippen molar-refractivity contribution in [2.75, 3.05) is 7.11 Å². The molecule has 0 aromatic heterocycles. The lowest BCUT2D eigenvalue weighted by molar-refractivity contribution is -0.157. The van der Waals surface area contributed by atoms with Gasteiger partial charge >= 0.3 is 11.9 Å². The molecule has 0 aliphatic carbocycles. The van der Waals surface area contributed by atoms with Gasteiger partial charge in [-0.15, -0.1) is 0 Å². The molecule has 5 unspecified atom stereocenters. The first-order chi connectivity index (χ1) is 26.2. The number of aliphatic hydroxyl groups excluding tert-OH is 1. The second-order valence-corrected chi connectivity index (χ2v) is 16.2. The van der Waals surface area contributed by atoms with Crippen molar-refractivity contribution in [2.24, 2.45) is 11.8 Å². The average molecular weight is 759 g/mol. The zero-order valence-electron chi connectivity index (χ0n) is 33.7. The fourth-order valence-corrected chi connectivity index (χ4v) is 8.36. The van der Waals surface area contributed by atoms with Gasteiger partial charge in [-0.1, -0.05) is 106 Å². The lowest BCUT2D eigenvalue weighted by Gasteiger charge is -2.49. The fourth-order valence-electron chi connectivity index (χ4n) is 8.36. The van der Waals surface area contributed by atoms with Crippen molar-refractivity contribution in [2.45, 2.75) is 140 Å². The van der Waals surface area contributed by atoms with Crippen LogP contribution in [0.25, 0.3) is 0 Å². The van der Waals surface area contributed by atoms with Gasteiger partial charge < -0.3 is 34.5 Å². The Morgan fingerprint density at radius 2 is 1.67 bits per heavy atom. The number of carbonyl (C=O) groups is 2. The molecule has 0 spiro atoms. The van der Waals surface area contributed by atoms with E-state index < -0.39 is 41.4 Å². The number of allylic oxidation sites excluding steroid dienone is 2. The maximum Gasteiger partial charge on any atom is 0.309 e. The Balaban J connectivity index is 1.49. The summed E-state index contributed by atoms with van der Waals surface area (Å²) >= 11 is 0. The molecule has 55 heavy (non-hydrogen) atoms. The first-order valence-corrected chi connectivity index (χ1v) is 19.8. The van der Waals surface area contributed by atoms with E-state index in [1.165, 1.54) is 12.5 Å². The molecule has 3 aliphatic heterocycles. The highest BCUT2D eigenvalue weighted by Gasteiger charge is 2.57. The van der Waals surface area contributed by atoms with Crippen LogP contribution >= 0.6 is 0 Å². The summed E-state index contributed by atoms with van der Waals surface area (Å²) in [6, 6.07) is 20.8. The Bertz CT molecular complexity index is 1660. The summed E-state index contributed by atoms with van der Waals surface area (Å²) in [4.78, 5) is 25.1. The molecule has 3 aliphatic rings. The molecule has 2 aromatic rings. The van der Waals surface area contributed by atoms with E-state index in [-0.39, 0.29) is 67.5 Å².